The minimum Gasteiger partial charge on any atom is -0.396 e. The van der Waals surface area contributed by atoms with Gasteiger partial charge in [-0.2, -0.15) is 0 Å². The van der Waals surface area contributed by atoms with E-state index in [4.69, 9.17) is 5.11 Å². The van der Waals surface area contributed by atoms with Gasteiger partial charge in [0.05, 0.1) is 0 Å². The van der Waals surface area contributed by atoms with Gasteiger partial charge < -0.3 is 15.7 Å². The van der Waals surface area contributed by atoms with Gasteiger partial charge in [-0.3, -0.25) is 0 Å². The van der Waals surface area contributed by atoms with Crippen molar-refractivity contribution in [3.8, 4) is 0 Å². The Morgan fingerprint density at radius 3 is 2.68 bits per heavy atom. The van der Waals surface area contributed by atoms with E-state index in [1.807, 2.05) is 6.92 Å². The molecule has 2 aliphatic carbocycles. The van der Waals surface area contributed by atoms with Crippen LogP contribution in [0, 0.1) is 11.8 Å². The fourth-order valence-corrected chi connectivity index (χ4v) is 3.30. The fourth-order valence-electron chi connectivity index (χ4n) is 3.30. The number of carbonyl (C=O) groups excluding carboxylic acids is 1. The average Bonchev–Trinajstić information content (AvgIpc) is 3.22. The van der Waals surface area contributed by atoms with Crippen LogP contribution in [0.5, 0.6) is 0 Å². The van der Waals surface area contributed by atoms with Crippen molar-refractivity contribution in [1.29, 1.82) is 0 Å². The van der Waals surface area contributed by atoms with Crippen molar-refractivity contribution < 1.29 is 9.90 Å². The molecule has 0 aromatic carbocycles. The van der Waals surface area contributed by atoms with E-state index < -0.39 is 0 Å². The van der Waals surface area contributed by atoms with Crippen molar-refractivity contribution >= 4 is 6.03 Å². The van der Waals surface area contributed by atoms with Gasteiger partial charge in [-0.1, -0.05) is 19.8 Å². The lowest BCUT2D eigenvalue weighted by atomic mass is 9.83. The van der Waals surface area contributed by atoms with E-state index in [0.717, 1.165) is 31.1 Å². The van der Waals surface area contributed by atoms with E-state index in [1.165, 1.54) is 25.7 Å². The maximum Gasteiger partial charge on any atom is 0.315 e. The van der Waals surface area contributed by atoms with E-state index in [2.05, 4.69) is 10.6 Å². The van der Waals surface area contributed by atoms with Gasteiger partial charge in [0.25, 0.3) is 0 Å². The lowest BCUT2D eigenvalue weighted by molar-refractivity contribution is 0.212. The first-order chi connectivity index (χ1) is 9.22. The molecule has 0 spiro atoms. The molecule has 2 saturated carbocycles. The molecule has 3 atom stereocenters. The van der Waals surface area contributed by atoms with Gasteiger partial charge in [0.15, 0.2) is 0 Å². The first-order valence-electron chi connectivity index (χ1n) is 7.90. The summed E-state index contributed by atoms with van der Waals surface area (Å²) in [4.78, 5) is 11.9. The number of aliphatic hydroxyl groups excluding tert-OH is 1. The predicted molar refractivity (Wildman–Crippen MR) is 75.9 cm³/mol. The van der Waals surface area contributed by atoms with Crippen molar-refractivity contribution in [3.63, 3.8) is 0 Å². The highest BCUT2D eigenvalue weighted by Gasteiger charge is 2.35. The highest BCUT2D eigenvalue weighted by Crippen LogP contribution is 2.43. The van der Waals surface area contributed by atoms with Crippen LogP contribution in [0.2, 0.25) is 0 Å². The van der Waals surface area contributed by atoms with Crippen LogP contribution in [0.25, 0.3) is 0 Å². The molecule has 19 heavy (non-hydrogen) atoms. The van der Waals surface area contributed by atoms with Crippen molar-refractivity contribution in [1.82, 2.24) is 10.6 Å². The first-order valence-corrected chi connectivity index (χ1v) is 7.90. The molecule has 0 heterocycles. The second kappa shape index (κ2) is 7.13. The summed E-state index contributed by atoms with van der Waals surface area (Å²) in [6, 6.07) is 0.389. The number of rotatable bonds is 6. The van der Waals surface area contributed by atoms with E-state index in [0.29, 0.717) is 12.5 Å². The van der Waals surface area contributed by atoms with Gasteiger partial charge in [0.1, 0.15) is 0 Å². The molecular formula is C15H28N2O2. The van der Waals surface area contributed by atoms with Gasteiger partial charge in [0, 0.05) is 18.7 Å². The van der Waals surface area contributed by atoms with Crippen LogP contribution in [0.3, 0.4) is 0 Å². The Morgan fingerprint density at radius 2 is 2.05 bits per heavy atom. The van der Waals surface area contributed by atoms with E-state index in [1.54, 1.807) is 0 Å². The Balaban J connectivity index is 1.71. The molecule has 110 valence electrons. The number of hydrogen-bond donors (Lipinski definition) is 3. The standard InChI is InChI=1S/C15H28N2O2/c1-2-13(8-9-18)16-15(19)17-14-5-3-4-12(10-14)11-6-7-11/h11-14,18H,2-10H2,1H3,(H2,16,17,19). The zero-order valence-electron chi connectivity index (χ0n) is 12.0. The maximum atomic E-state index is 11.9. The average molecular weight is 268 g/mol. The largest absolute Gasteiger partial charge is 0.396 e. The molecule has 2 fully saturated rings. The molecule has 4 heteroatoms. The second-order valence-electron chi connectivity index (χ2n) is 6.20. The summed E-state index contributed by atoms with van der Waals surface area (Å²) in [5.41, 5.74) is 0. The third-order valence-corrected chi connectivity index (χ3v) is 4.64. The predicted octanol–water partition coefficient (Wildman–Crippen LogP) is 2.42. The van der Waals surface area contributed by atoms with E-state index in [9.17, 15) is 4.79 Å². The molecule has 2 amide bonds. The summed E-state index contributed by atoms with van der Waals surface area (Å²) in [6.45, 7) is 2.16. The quantitative estimate of drug-likeness (QED) is 0.693. The summed E-state index contributed by atoms with van der Waals surface area (Å²) >= 11 is 0. The van der Waals surface area contributed by atoms with Crippen molar-refractivity contribution in [2.75, 3.05) is 6.61 Å². The highest BCUT2D eigenvalue weighted by molar-refractivity contribution is 5.74. The minimum absolute atomic E-state index is 0.0539. The summed E-state index contributed by atoms with van der Waals surface area (Å²) in [7, 11) is 0. The third kappa shape index (κ3) is 4.68. The molecule has 0 aromatic heterocycles. The number of amides is 2. The smallest absolute Gasteiger partial charge is 0.315 e. The lowest BCUT2D eigenvalue weighted by Gasteiger charge is -2.30. The zero-order chi connectivity index (χ0) is 13.7. The molecule has 3 N–H and O–H groups in total. The fraction of sp³-hybridized carbons (Fsp3) is 0.933. The molecule has 0 aliphatic heterocycles. The van der Waals surface area contributed by atoms with Gasteiger partial charge in [-0.25, -0.2) is 4.79 Å². The molecule has 0 radical (unpaired) electrons. The number of hydrogen-bond acceptors (Lipinski definition) is 2. The second-order valence-corrected chi connectivity index (χ2v) is 6.20. The Kier molecular flexibility index (Phi) is 5.49. The van der Waals surface area contributed by atoms with Gasteiger partial charge in [-0.15, -0.1) is 0 Å². The Morgan fingerprint density at radius 1 is 1.26 bits per heavy atom. The highest BCUT2D eigenvalue weighted by atomic mass is 16.3. The normalized spacial score (nSPS) is 28.7. The van der Waals surface area contributed by atoms with Crippen molar-refractivity contribution in [3.05, 3.63) is 0 Å². The Hall–Kier alpha value is -0.770. The van der Waals surface area contributed by atoms with Crippen LogP contribution >= 0.6 is 0 Å². The zero-order valence-corrected chi connectivity index (χ0v) is 12.0. The number of carbonyl (C=O) groups is 1. The molecular weight excluding hydrogens is 240 g/mol. The van der Waals surface area contributed by atoms with Gasteiger partial charge in [0.2, 0.25) is 0 Å². The van der Waals surface area contributed by atoms with Crippen LogP contribution in [0.1, 0.15) is 58.3 Å². The molecule has 4 nitrogen and oxygen atoms in total. The Bertz CT molecular complexity index is 292. The van der Waals surface area contributed by atoms with Crippen molar-refractivity contribution in [2.45, 2.75) is 70.4 Å². The van der Waals surface area contributed by atoms with Crippen LogP contribution in [0.4, 0.5) is 4.79 Å². The number of aliphatic hydroxyl groups is 1. The van der Waals surface area contributed by atoms with Crippen LogP contribution < -0.4 is 10.6 Å². The van der Waals surface area contributed by atoms with Crippen LogP contribution in [-0.4, -0.2) is 29.8 Å². The molecule has 0 aromatic rings. The van der Waals surface area contributed by atoms with Gasteiger partial charge >= 0.3 is 6.03 Å². The first kappa shape index (κ1) is 14.6. The lowest BCUT2D eigenvalue weighted by Crippen LogP contribution is -2.47. The number of nitrogens with one attached hydrogen (secondary N) is 2. The molecule has 2 rings (SSSR count). The summed E-state index contributed by atoms with van der Waals surface area (Å²) in [6.07, 6.45) is 9.19. The summed E-state index contributed by atoms with van der Waals surface area (Å²) < 4.78 is 0. The molecule has 2 aliphatic rings. The van der Waals surface area contributed by atoms with Gasteiger partial charge in [-0.05, 0) is 50.4 Å². The molecule has 0 saturated heterocycles. The van der Waals surface area contributed by atoms with Crippen molar-refractivity contribution in [2.24, 2.45) is 11.8 Å². The molecule has 3 unspecified atom stereocenters. The van der Waals surface area contributed by atoms with Crippen LogP contribution in [0.15, 0.2) is 0 Å². The third-order valence-electron chi connectivity index (χ3n) is 4.64. The maximum absolute atomic E-state index is 11.9. The monoisotopic (exact) mass is 268 g/mol. The van der Waals surface area contributed by atoms with Crippen LogP contribution in [-0.2, 0) is 0 Å². The van der Waals surface area contributed by atoms with E-state index in [-0.39, 0.29) is 18.7 Å². The summed E-state index contributed by atoms with van der Waals surface area (Å²) in [5, 5.41) is 15.0. The minimum atomic E-state index is -0.0539. The van der Waals surface area contributed by atoms with E-state index >= 15 is 0 Å². The topological polar surface area (TPSA) is 61.4 Å². The summed E-state index contributed by atoms with van der Waals surface area (Å²) in [5.74, 6) is 1.80. The Labute approximate surface area is 116 Å². The molecule has 0 bridgehead atoms. The SMILES string of the molecule is CCC(CCO)NC(=O)NC1CCCC(C2CC2)C1. The number of urea groups is 1.